The zero-order chi connectivity index (χ0) is 8.43. The molecule has 0 radical (unpaired) electrons. The van der Waals surface area contributed by atoms with Crippen molar-refractivity contribution in [3.63, 3.8) is 0 Å². The van der Waals surface area contributed by atoms with Crippen molar-refractivity contribution in [3.8, 4) is 0 Å². The number of hydrogen-bond donors (Lipinski definition) is 0. The van der Waals surface area contributed by atoms with Crippen molar-refractivity contribution in [2.75, 3.05) is 13.1 Å². The number of hydrogen-bond acceptors (Lipinski definition) is 2. The van der Waals surface area contributed by atoms with E-state index in [-0.39, 0.29) is 17.9 Å². The maximum atomic E-state index is 11.3. The van der Waals surface area contributed by atoms with Crippen LogP contribution in [-0.2, 0) is 7.86 Å². The summed E-state index contributed by atoms with van der Waals surface area (Å²) in [4.78, 5) is 13.1. The molecular formula is C7H12INO2. The van der Waals surface area contributed by atoms with Gasteiger partial charge in [0.1, 0.15) is 29.1 Å². The molecule has 1 fully saturated rings. The van der Waals surface area contributed by atoms with E-state index in [1.165, 1.54) is 0 Å². The van der Waals surface area contributed by atoms with Crippen LogP contribution < -0.4 is 0 Å². The highest BCUT2D eigenvalue weighted by molar-refractivity contribution is 14.1. The lowest BCUT2D eigenvalue weighted by Crippen LogP contribution is -2.54. The predicted octanol–water partition coefficient (Wildman–Crippen LogP) is 1.22. The number of nitrogens with zero attached hydrogens (tertiary/aromatic N) is 1. The number of halogens is 1. The minimum absolute atomic E-state index is 0.116. The summed E-state index contributed by atoms with van der Waals surface area (Å²) in [6.45, 7) is 5.36. The van der Waals surface area contributed by atoms with E-state index in [0.717, 1.165) is 13.1 Å². The van der Waals surface area contributed by atoms with Gasteiger partial charge in [-0.05, 0) is 0 Å². The number of carbonyl (C=O) groups excluding carboxylic acids is 1. The molecule has 0 aromatic carbocycles. The molecule has 0 spiro atoms. The minimum Gasteiger partial charge on any atom is -0.337 e. The van der Waals surface area contributed by atoms with Crippen molar-refractivity contribution in [1.82, 2.24) is 4.90 Å². The largest absolute Gasteiger partial charge is 0.337 e. The molecule has 3 nitrogen and oxygen atoms in total. The Bertz CT molecular complexity index is 155. The number of carbonyl (C=O) groups is 1. The molecule has 1 heterocycles. The lowest BCUT2D eigenvalue weighted by molar-refractivity contribution is -0.142. The van der Waals surface area contributed by atoms with Crippen LogP contribution in [0.15, 0.2) is 0 Å². The molecule has 0 bridgehead atoms. The second-order valence-electron chi connectivity index (χ2n) is 3.11. The lowest BCUT2D eigenvalue weighted by atomic mass is 10.1. The van der Waals surface area contributed by atoms with E-state index in [0.29, 0.717) is 0 Å². The van der Waals surface area contributed by atoms with Crippen LogP contribution in [-0.4, -0.2) is 30.0 Å². The summed E-state index contributed by atoms with van der Waals surface area (Å²) in [5.74, 6) is 0.347. The maximum absolute atomic E-state index is 11.3. The smallest absolute Gasteiger partial charge is 0.225 e. The first-order chi connectivity index (χ1) is 5.15. The van der Waals surface area contributed by atoms with Gasteiger partial charge < -0.3 is 7.97 Å². The van der Waals surface area contributed by atoms with Gasteiger partial charge in [0.25, 0.3) is 0 Å². The van der Waals surface area contributed by atoms with Crippen molar-refractivity contribution < 1.29 is 7.86 Å². The van der Waals surface area contributed by atoms with Gasteiger partial charge in [-0.25, -0.2) is 0 Å². The fraction of sp³-hybridized carbons (Fsp3) is 0.857. The van der Waals surface area contributed by atoms with Gasteiger partial charge in [-0.1, -0.05) is 13.8 Å². The van der Waals surface area contributed by atoms with Crippen molar-refractivity contribution in [2.24, 2.45) is 5.92 Å². The molecule has 0 unspecified atom stereocenters. The Hall–Kier alpha value is 0.160. The second-order valence-corrected chi connectivity index (χ2v) is 3.62. The van der Waals surface area contributed by atoms with E-state index >= 15 is 0 Å². The summed E-state index contributed by atoms with van der Waals surface area (Å²) < 4.78 is 5.02. The molecule has 0 aliphatic carbocycles. The summed E-state index contributed by atoms with van der Waals surface area (Å²) >= 11 is 1.88. The van der Waals surface area contributed by atoms with Gasteiger partial charge in [-0.3, -0.25) is 4.79 Å². The molecule has 1 aliphatic rings. The fourth-order valence-electron chi connectivity index (χ4n) is 1.04. The highest BCUT2D eigenvalue weighted by atomic mass is 127. The number of rotatable bonds is 2. The average molecular weight is 269 g/mol. The summed E-state index contributed by atoms with van der Waals surface area (Å²) in [5, 5.41) is 0. The maximum Gasteiger partial charge on any atom is 0.225 e. The topological polar surface area (TPSA) is 29.5 Å². The van der Waals surface area contributed by atoms with Gasteiger partial charge in [-0.15, -0.1) is 0 Å². The molecule has 1 aliphatic heterocycles. The predicted molar refractivity (Wildman–Crippen MR) is 50.3 cm³/mol. The van der Waals surface area contributed by atoms with Crippen LogP contribution in [0.1, 0.15) is 13.8 Å². The highest BCUT2D eigenvalue weighted by Crippen LogP contribution is 2.16. The Morgan fingerprint density at radius 2 is 2.18 bits per heavy atom. The first-order valence-corrected chi connectivity index (χ1v) is 4.59. The van der Waals surface area contributed by atoms with Crippen LogP contribution in [0.5, 0.6) is 0 Å². The van der Waals surface area contributed by atoms with Gasteiger partial charge in [0.2, 0.25) is 5.91 Å². The summed E-state index contributed by atoms with van der Waals surface area (Å²) in [5.41, 5.74) is 0. The molecule has 0 N–H and O–H groups in total. The van der Waals surface area contributed by atoms with Gasteiger partial charge in [0, 0.05) is 19.0 Å². The standard InChI is InChI=1S/C7H12INO2/c1-5(2)7(10)9-3-6(4-9)11-8/h5-6H,3-4H2,1-2H3. The Kier molecular flexibility index (Phi) is 3.12. The number of amides is 1. The molecule has 11 heavy (non-hydrogen) atoms. The van der Waals surface area contributed by atoms with Crippen molar-refractivity contribution >= 4 is 28.9 Å². The van der Waals surface area contributed by atoms with E-state index < -0.39 is 0 Å². The van der Waals surface area contributed by atoms with Crippen LogP contribution in [0, 0.1) is 5.92 Å². The Morgan fingerprint density at radius 1 is 1.64 bits per heavy atom. The summed E-state index contributed by atoms with van der Waals surface area (Å²) in [7, 11) is 0. The highest BCUT2D eigenvalue weighted by Gasteiger charge is 2.31. The first kappa shape index (κ1) is 9.25. The lowest BCUT2D eigenvalue weighted by Gasteiger charge is -2.38. The molecule has 0 atom stereocenters. The third kappa shape index (κ3) is 2.05. The van der Waals surface area contributed by atoms with Crippen LogP contribution in [0.2, 0.25) is 0 Å². The van der Waals surface area contributed by atoms with E-state index in [1.54, 1.807) is 0 Å². The van der Waals surface area contributed by atoms with Crippen molar-refractivity contribution in [2.45, 2.75) is 20.0 Å². The molecule has 1 rings (SSSR count). The van der Waals surface area contributed by atoms with Crippen LogP contribution in [0.25, 0.3) is 0 Å². The molecule has 1 amide bonds. The molecule has 1 saturated heterocycles. The van der Waals surface area contributed by atoms with Crippen molar-refractivity contribution in [1.29, 1.82) is 0 Å². The second kappa shape index (κ2) is 3.71. The zero-order valence-corrected chi connectivity index (χ0v) is 8.87. The summed E-state index contributed by atoms with van der Waals surface area (Å²) in [6, 6.07) is 0. The van der Waals surface area contributed by atoms with E-state index in [2.05, 4.69) is 0 Å². The van der Waals surface area contributed by atoms with E-state index in [9.17, 15) is 4.79 Å². The normalized spacial score (nSPS) is 18.7. The molecule has 0 aromatic heterocycles. The Morgan fingerprint density at radius 3 is 2.55 bits per heavy atom. The fourth-order valence-corrected chi connectivity index (χ4v) is 1.36. The van der Waals surface area contributed by atoms with Crippen LogP contribution in [0.3, 0.4) is 0 Å². The zero-order valence-electron chi connectivity index (χ0n) is 6.71. The average Bonchev–Trinajstić information content (AvgIpc) is 1.85. The van der Waals surface area contributed by atoms with Gasteiger partial charge in [-0.2, -0.15) is 0 Å². The Labute approximate surface area is 80.8 Å². The van der Waals surface area contributed by atoms with E-state index in [1.807, 2.05) is 41.8 Å². The van der Waals surface area contributed by atoms with Gasteiger partial charge >= 0.3 is 0 Å². The minimum atomic E-state index is 0.116. The molecule has 64 valence electrons. The van der Waals surface area contributed by atoms with E-state index in [4.69, 9.17) is 3.07 Å². The van der Waals surface area contributed by atoms with Crippen molar-refractivity contribution in [3.05, 3.63) is 0 Å². The third-order valence-electron chi connectivity index (χ3n) is 1.78. The number of likely N-dealkylation sites (tertiary alicyclic amines) is 1. The first-order valence-electron chi connectivity index (χ1n) is 3.71. The molecule has 0 saturated carbocycles. The SMILES string of the molecule is CC(C)C(=O)N1CC(OI)C1. The quantitative estimate of drug-likeness (QED) is 0.705. The molecule has 0 aromatic rings. The Balaban J connectivity index is 2.27. The molecule has 4 heteroatoms. The van der Waals surface area contributed by atoms with Crippen LogP contribution in [0.4, 0.5) is 0 Å². The molecular weight excluding hydrogens is 257 g/mol. The third-order valence-corrected chi connectivity index (χ3v) is 2.50. The summed E-state index contributed by atoms with van der Waals surface area (Å²) in [6.07, 6.45) is 0.262. The van der Waals surface area contributed by atoms with Gasteiger partial charge in [0.15, 0.2) is 0 Å². The monoisotopic (exact) mass is 269 g/mol. The van der Waals surface area contributed by atoms with Gasteiger partial charge in [0.05, 0.1) is 0 Å². The van der Waals surface area contributed by atoms with Crippen LogP contribution >= 0.6 is 23.0 Å².